The summed E-state index contributed by atoms with van der Waals surface area (Å²) in [7, 11) is 0. The number of ether oxygens (including phenoxy) is 1. The highest BCUT2D eigenvalue weighted by Crippen LogP contribution is 2.25. The van der Waals surface area contributed by atoms with Crippen molar-refractivity contribution < 1.29 is 24.0 Å². The number of rotatable bonds is 11. The Hall–Kier alpha value is -3.88. The maximum Gasteiger partial charge on any atom is 0.328 e. The van der Waals surface area contributed by atoms with Crippen LogP contribution < -0.4 is 10.6 Å². The second-order valence-electron chi connectivity index (χ2n) is 7.95. The van der Waals surface area contributed by atoms with E-state index in [0.29, 0.717) is 11.3 Å². The second kappa shape index (κ2) is 14.2. The van der Waals surface area contributed by atoms with Crippen LogP contribution in [0.1, 0.15) is 35.3 Å². The summed E-state index contributed by atoms with van der Waals surface area (Å²) in [4.78, 5) is 43.6. The van der Waals surface area contributed by atoms with Gasteiger partial charge in [-0.2, -0.15) is 0 Å². The van der Waals surface area contributed by atoms with Gasteiger partial charge in [-0.15, -0.1) is 0 Å². The summed E-state index contributed by atoms with van der Waals surface area (Å²) in [6.07, 6.45) is 0.145. The van der Waals surface area contributed by atoms with Gasteiger partial charge in [-0.25, -0.2) is 4.79 Å². The topological polar surface area (TPSA) is 106 Å². The normalized spacial score (nSPS) is 11.8. The van der Waals surface area contributed by atoms with E-state index < -0.39 is 23.8 Å². The molecule has 0 bridgehead atoms. The lowest BCUT2D eigenvalue weighted by molar-refractivity contribution is -0.146. The van der Waals surface area contributed by atoms with Crippen molar-refractivity contribution in [3.8, 4) is 0 Å². The molecule has 0 fully saturated rings. The highest BCUT2D eigenvalue weighted by atomic mass is 35.5. The first-order valence-corrected chi connectivity index (χ1v) is 12.7. The molecule has 1 atom stereocenters. The minimum absolute atomic E-state index is 0.0399. The molecule has 0 spiro atoms. The predicted octanol–water partition coefficient (Wildman–Crippen LogP) is 5.28. The van der Waals surface area contributed by atoms with Crippen molar-refractivity contribution in [2.75, 3.05) is 18.5 Å². The second-order valence-corrected chi connectivity index (χ2v) is 8.77. The Morgan fingerprint density at radius 3 is 2.13 bits per heavy atom. The number of hydrogen-bond donors (Lipinski definition) is 2. The molecule has 0 unspecified atom stereocenters. The number of benzene rings is 3. The van der Waals surface area contributed by atoms with E-state index in [0.717, 1.165) is 5.56 Å². The van der Waals surface area contributed by atoms with E-state index in [4.69, 9.17) is 32.8 Å². The number of halogens is 2. The lowest BCUT2D eigenvalue weighted by Crippen LogP contribution is -2.46. The molecule has 0 saturated heterocycles. The van der Waals surface area contributed by atoms with E-state index in [-0.39, 0.29) is 41.0 Å². The lowest BCUT2D eigenvalue weighted by Gasteiger charge is -2.18. The van der Waals surface area contributed by atoms with Crippen molar-refractivity contribution >= 4 is 52.4 Å². The van der Waals surface area contributed by atoms with E-state index in [2.05, 4.69) is 15.8 Å². The fraction of sp³-hybridized carbons (Fsp3) is 0.214. The monoisotopic (exact) mass is 555 g/mol. The number of nitrogens with one attached hydrogen (secondary N) is 2. The third kappa shape index (κ3) is 7.81. The van der Waals surface area contributed by atoms with Gasteiger partial charge in [0, 0.05) is 17.7 Å². The zero-order chi connectivity index (χ0) is 27.5. The summed E-state index contributed by atoms with van der Waals surface area (Å²) in [6.45, 7) is 3.86. The fourth-order valence-electron chi connectivity index (χ4n) is 3.48. The molecule has 198 valence electrons. The van der Waals surface area contributed by atoms with Crippen LogP contribution in [0.2, 0.25) is 10.0 Å². The SMILES string of the molecule is CCON=C(C(=O)N[C@@H](Cc1ccc(NC(=O)c2c(Cl)cccc2Cl)cc1)C(=O)OCC)c1ccccc1. The summed E-state index contributed by atoms with van der Waals surface area (Å²) in [5, 5.41) is 9.89. The number of esters is 1. The van der Waals surface area contributed by atoms with Crippen LogP contribution in [-0.2, 0) is 25.6 Å². The van der Waals surface area contributed by atoms with Crippen molar-refractivity contribution in [1.82, 2.24) is 5.32 Å². The molecule has 8 nitrogen and oxygen atoms in total. The smallest absolute Gasteiger partial charge is 0.328 e. The summed E-state index contributed by atoms with van der Waals surface area (Å²) in [6, 6.07) is 19.4. The maximum absolute atomic E-state index is 13.1. The van der Waals surface area contributed by atoms with Gasteiger partial charge >= 0.3 is 5.97 Å². The predicted molar refractivity (Wildman–Crippen MR) is 148 cm³/mol. The van der Waals surface area contributed by atoms with Crippen LogP contribution in [-0.4, -0.2) is 42.8 Å². The summed E-state index contributed by atoms with van der Waals surface area (Å²) < 4.78 is 5.18. The fourth-order valence-corrected chi connectivity index (χ4v) is 4.05. The molecule has 0 aliphatic carbocycles. The number of hydrogen-bond acceptors (Lipinski definition) is 6. The molecule has 0 heterocycles. The molecule has 0 aromatic heterocycles. The van der Waals surface area contributed by atoms with Crippen LogP contribution in [0.3, 0.4) is 0 Å². The molecule has 2 amide bonds. The number of nitrogens with zero attached hydrogens (tertiary/aromatic N) is 1. The minimum atomic E-state index is -0.986. The number of carbonyl (C=O) groups is 3. The lowest BCUT2D eigenvalue weighted by atomic mass is 10.0. The van der Waals surface area contributed by atoms with E-state index in [1.54, 1.807) is 80.6 Å². The molecule has 3 aromatic carbocycles. The van der Waals surface area contributed by atoms with Gasteiger partial charge in [-0.1, -0.05) is 76.9 Å². The first kappa shape index (κ1) is 28.7. The summed E-state index contributed by atoms with van der Waals surface area (Å²) >= 11 is 12.2. The molecule has 10 heteroatoms. The minimum Gasteiger partial charge on any atom is -0.464 e. The standard InChI is InChI=1S/C28H27Cl2N3O5/c1-3-37-28(36)23(32-27(35)25(33-38-4-2)19-9-6-5-7-10-19)17-18-13-15-20(16-14-18)31-26(34)24-21(29)11-8-12-22(24)30/h5-16,23H,3-4,17H2,1-2H3,(H,31,34)(H,32,35)/t23-/m0/s1. The Kier molecular flexibility index (Phi) is 10.7. The van der Waals surface area contributed by atoms with Gasteiger partial charge < -0.3 is 20.2 Å². The zero-order valence-corrected chi connectivity index (χ0v) is 22.4. The quantitative estimate of drug-likeness (QED) is 0.190. The number of carbonyl (C=O) groups excluding carboxylic acids is 3. The third-order valence-corrected chi connectivity index (χ3v) is 5.90. The number of oxime groups is 1. The molecule has 2 N–H and O–H groups in total. The van der Waals surface area contributed by atoms with E-state index in [1.165, 1.54) is 0 Å². The molecule has 0 aliphatic heterocycles. The third-order valence-electron chi connectivity index (χ3n) is 5.27. The Morgan fingerprint density at radius 1 is 0.868 bits per heavy atom. The summed E-state index contributed by atoms with van der Waals surface area (Å²) in [5.74, 6) is -1.62. The van der Waals surface area contributed by atoms with Crippen LogP contribution in [0.15, 0.2) is 78.0 Å². The molecular formula is C28H27Cl2N3O5. The Bertz CT molecular complexity index is 1280. The molecule has 3 rings (SSSR count). The van der Waals surface area contributed by atoms with Gasteiger partial charge in [0.2, 0.25) is 0 Å². The largest absolute Gasteiger partial charge is 0.464 e. The Labute approximate surface area is 230 Å². The first-order valence-electron chi connectivity index (χ1n) is 11.9. The first-order chi connectivity index (χ1) is 18.3. The molecular weight excluding hydrogens is 529 g/mol. The highest BCUT2D eigenvalue weighted by Gasteiger charge is 2.26. The Morgan fingerprint density at radius 2 is 1.53 bits per heavy atom. The van der Waals surface area contributed by atoms with Crippen molar-refractivity contribution in [2.24, 2.45) is 5.16 Å². The average molecular weight is 556 g/mol. The van der Waals surface area contributed by atoms with Crippen molar-refractivity contribution in [3.63, 3.8) is 0 Å². The molecule has 38 heavy (non-hydrogen) atoms. The van der Waals surface area contributed by atoms with Crippen LogP contribution in [0.5, 0.6) is 0 Å². The molecule has 0 radical (unpaired) electrons. The number of amides is 2. The summed E-state index contributed by atoms with van der Waals surface area (Å²) in [5.41, 5.74) is 1.98. The van der Waals surface area contributed by atoms with Gasteiger partial charge in [0.1, 0.15) is 12.6 Å². The van der Waals surface area contributed by atoms with E-state index in [9.17, 15) is 14.4 Å². The highest BCUT2D eigenvalue weighted by molar-refractivity contribution is 6.45. The van der Waals surface area contributed by atoms with Gasteiger partial charge in [0.25, 0.3) is 11.8 Å². The molecule has 0 aliphatic rings. The van der Waals surface area contributed by atoms with E-state index >= 15 is 0 Å². The Balaban J connectivity index is 1.75. The van der Waals surface area contributed by atoms with Crippen LogP contribution >= 0.6 is 23.2 Å². The van der Waals surface area contributed by atoms with Crippen molar-refractivity contribution in [3.05, 3.63) is 99.5 Å². The van der Waals surface area contributed by atoms with Gasteiger partial charge in [0.05, 0.1) is 22.2 Å². The van der Waals surface area contributed by atoms with Gasteiger partial charge in [-0.05, 0) is 43.7 Å². The van der Waals surface area contributed by atoms with Crippen molar-refractivity contribution in [1.29, 1.82) is 0 Å². The van der Waals surface area contributed by atoms with Crippen molar-refractivity contribution in [2.45, 2.75) is 26.3 Å². The molecule has 3 aromatic rings. The van der Waals surface area contributed by atoms with E-state index in [1.807, 2.05) is 6.07 Å². The van der Waals surface area contributed by atoms with Crippen LogP contribution in [0.4, 0.5) is 5.69 Å². The van der Waals surface area contributed by atoms with Crippen LogP contribution in [0.25, 0.3) is 0 Å². The van der Waals surface area contributed by atoms with Crippen LogP contribution in [0, 0.1) is 0 Å². The molecule has 0 saturated carbocycles. The number of anilines is 1. The van der Waals surface area contributed by atoms with Gasteiger partial charge in [0.15, 0.2) is 5.71 Å². The zero-order valence-electron chi connectivity index (χ0n) is 20.9. The van der Waals surface area contributed by atoms with Gasteiger partial charge in [-0.3, -0.25) is 9.59 Å². The maximum atomic E-state index is 13.1. The average Bonchev–Trinajstić information content (AvgIpc) is 2.90.